The highest BCUT2D eigenvalue weighted by atomic mass is 19.4. The Morgan fingerprint density at radius 2 is 1.32 bits per heavy atom. The van der Waals surface area contributed by atoms with Crippen LogP contribution < -0.4 is 9.47 Å². The third-order valence-corrected chi connectivity index (χ3v) is 8.33. The molecule has 0 aromatic heterocycles. The van der Waals surface area contributed by atoms with Crippen LogP contribution in [0.5, 0.6) is 11.5 Å². The second-order valence-electron chi connectivity index (χ2n) is 11.4. The zero-order valence-electron chi connectivity index (χ0n) is 27.4. The fourth-order valence-electron chi connectivity index (χ4n) is 5.84. The fraction of sp³-hybridized carbons (Fsp3) is 0.400. The minimum Gasteiger partial charge on any atom is -0.492 e. The predicted octanol–water partition coefficient (Wildman–Crippen LogP) is 6.99. The topological polar surface area (TPSA) is 107 Å². The Bertz CT molecular complexity index is 1660. The molecule has 1 aliphatic rings. The van der Waals surface area contributed by atoms with Crippen molar-refractivity contribution in [2.75, 3.05) is 21.3 Å². The quantitative estimate of drug-likeness (QED) is 0.105. The number of carbonyl (C=O) groups excluding carboxylic acids is 3. The number of esters is 3. The molecule has 3 aromatic rings. The van der Waals surface area contributed by atoms with Crippen molar-refractivity contribution in [2.45, 2.75) is 68.4 Å². The maximum atomic E-state index is 14.4. The van der Waals surface area contributed by atoms with Crippen LogP contribution in [-0.4, -0.2) is 63.8 Å². The summed E-state index contributed by atoms with van der Waals surface area (Å²) in [5.74, 6) is -5.17. The number of hydrogen-bond donors (Lipinski definition) is 0. The fourth-order valence-corrected chi connectivity index (χ4v) is 5.84. The third-order valence-electron chi connectivity index (χ3n) is 8.33. The summed E-state index contributed by atoms with van der Waals surface area (Å²) < 4.78 is 116. The van der Waals surface area contributed by atoms with Crippen molar-refractivity contribution in [3.05, 3.63) is 95.1 Å². The SMILES string of the molecule is COc1c(OC(=O)[C@](OC)(c2ccccc2)C(F)(F)F)ccc2c1C(=O)O[C@H](CCC[C@H](C)OC(=O)[C@](OC)(c1ccccc1)C(F)(F)F)C2. The van der Waals surface area contributed by atoms with Gasteiger partial charge in [-0.25, -0.2) is 14.4 Å². The lowest BCUT2D eigenvalue weighted by molar-refractivity contribution is -0.278. The molecule has 9 nitrogen and oxygen atoms in total. The molecule has 4 rings (SSSR count). The standard InChI is InChI=1S/C35H34F6O9/c1-21(48-30(43)32(46-3,34(36,37)38)23-13-7-5-8-14-23)12-11-17-25-20-22-18-19-26(28(45-2)27(22)29(42)49-25)50-31(44)33(47-4,35(39,40)41)24-15-9-6-10-16-24/h5-10,13-16,18-19,21,25H,11-12,17,20H2,1-4H3/t21-,25+,32+,33+/m0/s1. The lowest BCUT2D eigenvalue weighted by atomic mass is 9.92. The van der Waals surface area contributed by atoms with Gasteiger partial charge in [-0.1, -0.05) is 66.7 Å². The van der Waals surface area contributed by atoms with Crippen LogP contribution in [0.15, 0.2) is 72.8 Å². The summed E-state index contributed by atoms with van der Waals surface area (Å²) in [6.07, 6.45) is -11.3. The van der Waals surface area contributed by atoms with Gasteiger partial charge in [0.2, 0.25) is 0 Å². The molecule has 4 atom stereocenters. The van der Waals surface area contributed by atoms with E-state index < -0.39 is 70.5 Å². The average Bonchev–Trinajstić information content (AvgIpc) is 3.05. The normalized spacial score (nSPS) is 17.7. The molecule has 0 bridgehead atoms. The second-order valence-corrected chi connectivity index (χ2v) is 11.4. The van der Waals surface area contributed by atoms with E-state index in [9.17, 15) is 40.7 Å². The van der Waals surface area contributed by atoms with Crippen LogP contribution in [0.3, 0.4) is 0 Å². The first-order valence-corrected chi connectivity index (χ1v) is 15.3. The van der Waals surface area contributed by atoms with Crippen LogP contribution in [0.2, 0.25) is 0 Å². The number of carbonyl (C=O) groups is 3. The van der Waals surface area contributed by atoms with E-state index in [-0.39, 0.29) is 37.0 Å². The van der Waals surface area contributed by atoms with Crippen molar-refractivity contribution in [1.82, 2.24) is 0 Å². The highest BCUT2D eigenvalue weighted by molar-refractivity contribution is 5.97. The Morgan fingerprint density at radius 1 is 0.800 bits per heavy atom. The average molecular weight is 713 g/mol. The number of fused-ring (bicyclic) bond motifs is 1. The zero-order chi connectivity index (χ0) is 36.9. The lowest BCUT2D eigenvalue weighted by Gasteiger charge is -2.33. The largest absolute Gasteiger partial charge is 0.492 e. The van der Waals surface area contributed by atoms with E-state index >= 15 is 0 Å². The summed E-state index contributed by atoms with van der Waals surface area (Å²) in [4.78, 5) is 39.2. The number of methoxy groups -OCH3 is 3. The Balaban J connectivity index is 1.45. The van der Waals surface area contributed by atoms with Gasteiger partial charge in [-0.2, -0.15) is 26.3 Å². The summed E-state index contributed by atoms with van der Waals surface area (Å²) in [5.41, 5.74) is -7.57. The number of rotatable bonds is 13. The van der Waals surface area contributed by atoms with Crippen LogP contribution in [0, 0.1) is 0 Å². The molecule has 0 spiro atoms. The van der Waals surface area contributed by atoms with Gasteiger partial charge < -0.3 is 28.4 Å². The number of hydrogen-bond acceptors (Lipinski definition) is 9. The van der Waals surface area contributed by atoms with Gasteiger partial charge in [0.25, 0.3) is 11.2 Å². The third kappa shape index (κ3) is 7.15. The molecule has 0 saturated carbocycles. The molecule has 0 fully saturated rings. The molecule has 0 radical (unpaired) electrons. The Labute approximate surface area is 283 Å². The van der Waals surface area contributed by atoms with E-state index in [4.69, 9.17) is 28.4 Å². The minimum atomic E-state index is -5.24. The first-order chi connectivity index (χ1) is 23.6. The van der Waals surface area contributed by atoms with Crippen molar-refractivity contribution >= 4 is 17.9 Å². The molecule has 1 aliphatic heterocycles. The van der Waals surface area contributed by atoms with Gasteiger partial charge in [0, 0.05) is 31.8 Å². The maximum Gasteiger partial charge on any atom is 0.432 e. The first-order valence-electron chi connectivity index (χ1n) is 15.3. The molecule has 0 amide bonds. The second kappa shape index (κ2) is 15.1. The molecule has 0 saturated heterocycles. The van der Waals surface area contributed by atoms with E-state index in [1.165, 1.54) is 55.5 Å². The van der Waals surface area contributed by atoms with E-state index in [2.05, 4.69) is 0 Å². The summed E-state index contributed by atoms with van der Waals surface area (Å²) in [6, 6.07) is 15.1. The van der Waals surface area contributed by atoms with Crippen LogP contribution in [0.25, 0.3) is 0 Å². The van der Waals surface area contributed by atoms with E-state index in [1.807, 2.05) is 0 Å². The number of ether oxygens (including phenoxy) is 6. The lowest BCUT2D eigenvalue weighted by Crippen LogP contribution is -2.52. The van der Waals surface area contributed by atoms with E-state index in [1.54, 1.807) is 0 Å². The van der Waals surface area contributed by atoms with Gasteiger partial charge in [0.1, 0.15) is 11.7 Å². The molecule has 1 heterocycles. The van der Waals surface area contributed by atoms with Crippen LogP contribution in [0.1, 0.15) is 53.2 Å². The molecule has 0 N–H and O–H groups in total. The smallest absolute Gasteiger partial charge is 0.432 e. The van der Waals surface area contributed by atoms with E-state index in [0.717, 1.165) is 38.5 Å². The van der Waals surface area contributed by atoms with Gasteiger partial charge in [-0.3, -0.25) is 0 Å². The molecule has 15 heteroatoms. The summed E-state index contributed by atoms with van der Waals surface area (Å²) in [7, 11) is 2.62. The van der Waals surface area contributed by atoms with Crippen molar-refractivity contribution in [3.63, 3.8) is 0 Å². The maximum absolute atomic E-state index is 14.4. The molecule has 3 aromatic carbocycles. The molecule has 270 valence electrons. The Morgan fingerprint density at radius 3 is 1.80 bits per heavy atom. The molecule has 0 unspecified atom stereocenters. The van der Waals surface area contributed by atoms with E-state index in [0.29, 0.717) is 12.7 Å². The summed E-state index contributed by atoms with van der Waals surface area (Å²) in [6.45, 7) is 1.42. The number of alkyl halides is 6. The van der Waals surface area contributed by atoms with Crippen molar-refractivity contribution < 1.29 is 69.1 Å². The number of benzene rings is 3. The molecular formula is C35H34F6O9. The van der Waals surface area contributed by atoms with Crippen LogP contribution in [0.4, 0.5) is 26.3 Å². The van der Waals surface area contributed by atoms with Gasteiger partial charge in [-0.15, -0.1) is 0 Å². The summed E-state index contributed by atoms with van der Waals surface area (Å²) in [5, 5.41) is 0. The Hall–Kier alpha value is -4.63. The van der Waals surface area contributed by atoms with Gasteiger partial charge >= 0.3 is 30.3 Å². The zero-order valence-corrected chi connectivity index (χ0v) is 27.4. The van der Waals surface area contributed by atoms with Gasteiger partial charge in [0.15, 0.2) is 11.5 Å². The number of cyclic esters (lactones) is 1. The van der Waals surface area contributed by atoms with Crippen molar-refractivity contribution in [2.24, 2.45) is 0 Å². The van der Waals surface area contributed by atoms with Crippen LogP contribution in [-0.2, 0) is 46.2 Å². The van der Waals surface area contributed by atoms with Gasteiger partial charge in [0.05, 0.1) is 13.2 Å². The highest BCUT2D eigenvalue weighted by Gasteiger charge is 2.65. The highest BCUT2D eigenvalue weighted by Crippen LogP contribution is 2.46. The van der Waals surface area contributed by atoms with Crippen molar-refractivity contribution in [1.29, 1.82) is 0 Å². The first kappa shape index (κ1) is 38.2. The minimum absolute atomic E-state index is 0.110. The van der Waals surface area contributed by atoms with Crippen molar-refractivity contribution in [3.8, 4) is 11.5 Å². The van der Waals surface area contributed by atoms with Gasteiger partial charge in [-0.05, 0) is 37.8 Å². The van der Waals surface area contributed by atoms with Crippen LogP contribution >= 0.6 is 0 Å². The molecule has 50 heavy (non-hydrogen) atoms. The Kier molecular flexibility index (Phi) is 11.5. The summed E-state index contributed by atoms with van der Waals surface area (Å²) >= 11 is 0. The molecule has 0 aliphatic carbocycles. The molecular weight excluding hydrogens is 678 g/mol. The monoisotopic (exact) mass is 712 g/mol. The predicted molar refractivity (Wildman–Crippen MR) is 163 cm³/mol. The number of halogens is 6.